The first-order chi connectivity index (χ1) is 8.72. The Hall–Kier alpha value is -0.0800. The summed E-state index contributed by atoms with van der Waals surface area (Å²) in [7, 11) is 0. The predicted octanol–water partition coefficient (Wildman–Crippen LogP) is 3.80. The van der Waals surface area contributed by atoms with Gasteiger partial charge in [0, 0.05) is 12.1 Å². The molecule has 0 aromatic rings. The Bertz CT molecular complexity index is 211. The highest BCUT2D eigenvalue weighted by Crippen LogP contribution is 2.30. The standard InChI is InChI=1S/C16H34N2/c1-4-7-11-16(6-3,14-17)18-12-8-9-15(5-2)10-13-18/h15H,4-14,17H2,1-3H3. The van der Waals surface area contributed by atoms with Crippen LogP contribution in [0.5, 0.6) is 0 Å². The molecule has 0 aromatic heterocycles. The number of rotatable bonds is 7. The molecule has 2 N–H and O–H groups in total. The quantitative estimate of drug-likeness (QED) is 0.749. The van der Waals surface area contributed by atoms with Gasteiger partial charge in [-0.15, -0.1) is 0 Å². The van der Waals surface area contributed by atoms with Crippen LogP contribution in [0.2, 0.25) is 0 Å². The number of likely N-dealkylation sites (tertiary alicyclic amines) is 1. The van der Waals surface area contributed by atoms with E-state index in [1.165, 1.54) is 64.5 Å². The van der Waals surface area contributed by atoms with Gasteiger partial charge >= 0.3 is 0 Å². The molecule has 2 unspecified atom stereocenters. The monoisotopic (exact) mass is 254 g/mol. The van der Waals surface area contributed by atoms with E-state index in [1.54, 1.807) is 0 Å². The van der Waals surface area contributed by atoms with E-state index >= 15 is 0 Å². The lowest BCUT2D eigenvalue weighted by molar-refractivity contribution is 0.0806. The highest BCUT2D eigenvalue weighted by Gasteiger charge is 2.34. The largest absolute Gasteiger partial charge is 0.329 e. The third-order valence-corrected chi connectivity index (χ3v) is 5.13. The molecule has 1 heterocycles. The first-order valence-electron chi connectivity index (χ1n) is 8.17. The van der Waals surface area contributed by atoms with Gasteiger partial charge in [-0.2, -0.15) is 0 Å². The first kappa shape index (κ1) is 16.0. The zero-order chi connectivity index (χ0) is 13.4. The van der Waals surface area contributed by atoms with Crippen LogP contribution in [0.4, 0.5) is 0 Å². The second kappa shape index (κ2) is 8.16. The molecular formula is C16H34N2. The summed E-state index contributed by atoms with van der Waals surface area (Å²) in [5.41, 5.74) is 6.46. The fourth-order valence-electron chi connectivity index (χ4n) is 3.49. The van der Waals surface area contributed by atoms with E-state index in [4.69, 9.17) is 5.73 Å². The molecule has 0 radical (unpaired) electrons. The molecule has 0 bridgehead atoms. The van der Waals surface area contributed by atoms with E-state index in [2.05, 4.69) is 25.7 Å². The topological polar surface area (TPSA) is 29.3 Å². The molecule has 2 atom stereocenters. The maximum absolute atomic E-state index is 6.17. The molecule has 0 amide bonds. The second-order valence-corrected chi connectivity index (χ2v) is 6.08. The molecular weight excluding hydrogens is 220 g/mol. The molecule has 0 spiro atoms. The van der Waals surface area contributed by atoms with Crippen LogP contribution in [0.1, 0.15) is 72.1 Å². The molecule has 1 aliphatic heterocycles. The highest BCUT2D eigenvalue weighted by atomic mass is 15.2. The van der Waals surface area contributed by atoms with E-state index < -0.39 is 0 Å². The summed E-state index contributed by atoms with van der Waals surface area (Å²) in [5, 5.41) is 0. The number of nitrogens with zero attached hydrogens (tertiary/aromatic N) is 1. The van der Waals surface area contributed by atoms with Gasteiger partial charge in [-0.25, -0.2) is 0 Å². The average Bonchev–Trinajstić information content (AvgIpc) is 2.66. The van der Waals surface area contributed by atoms with Crippen molar-refractivity contribution in [2.75, 3.05) is 19.6 Å². The normalized spacial score (nSPS) is 25.7. The summed E-state index contributed by atoms with van der Waals surface area (Å²) in [6.07, 6.45) is 10.6. The Morgan fingerprint density at radius 2 is 1.94 bits per heavy atom. The van der Waals surface area contributed by atoms with Crippen LogP contribution in [0.15, 0.2) is 0 Å². The summed E-state index contributed by atoms with van der Waals surface area (Å²) < 4.78 is 0. The van der Waals surface area contributed by atoms with Gasteiger partial charge in [-0.3, -0.25) is 4.90 Å². The fraction of sp³-hybridized carbons (Fsp3) is 1.00. The summed E-state index contributed by atoms with van der Waals surface area (Å²) in [4.78, 5) is 2.73. The van der Waals surface area contributed by atoms with Gasteiger partial charge in [-0.1, -0.05) is 40.0 Å². The van der Waals surface area contributed by atoms with Crippen molar-refractivity contribution in [3.8, 4) is 0 Å². The molecule has 1 aliphatic rings. The van der Waals surface area contributed by atoms with Gasteiger partial charge in [0.2, 0.25) is 0 Å². The molecule has 2 nitrogen and oxygen atoms in total. The van der Waals surface area contributed by atoms with Gasteiger partial charge in [0.15, 0.2) is 0 Å². The fourth-order valence-corrected chi connectivity index (χ4v) is 3.49. The molecule has 0 saturated carbocycles. The van der Waals surface area contributed by atoms with Crippen molar-refractivity contribution in [1.29, 1.82) is 0 Å². The van der Waals surface area contributed by atoms with Crippen LogP contribution in [0.3, 0.4) is 0 Å². The van der Waals surface area contributed by atoms with Crippen molar-refractivity contribution < 1.29 is 0 Å². The SMILES string of the molecule is CCCCC(CC)(CN)N1CCCC(CC)CC1. The number of nitrogens with two attached hydrogens (primary N) is 1. The van der Waals surface area contributed by atoms with Crippen molar-refractivity contribution in [1.82, 2.24) is 4.90 Å². The van der Waals surface area contributed by atoms with E-state index in [-0.39, 0.29) is 0 Å². The summed E-state index contributed by atoms with van der Waals surface area (Å²) in [6, 6.07) is 0. The lowest BCUT2D eigenvalue weighted by atomic mass is 9.87. The minimum Gasteiger partial charge on any atom is -0.329 e. The predicted molar refractivity (Wildman–Crippen MR) is 80.8 cm³/mol. The minimum atomic E-state index is 0.290. The maximum atomic E-state index is 6.17. The molecule has 0 aromatic carbocycles. The van der Waals surface area contributed by atoms with Crippen LogP contribution in [0, 0.1) is 5.92 Å². The van der Waals surface area contributed by atoms with Gasteiger partial charge in [0.1, 0.15) is 0 Å². The zero-order valence-corrected chi connectivity index (χ0v) is 12.9. The van der Waals surface area contributed by atoms with E-state index in [0.717, 1.165) is 12.5 Å². The van der Waals surface area contributed by atoms with Crippen molar-refractivity contribution in [3.63, 3.8) is 0 Å². The van der Waals surface area contributed by atoms with Crippen LogP contribution in [-0.4, -0.2) is 30.1 Å². The van der Waals surface area contributed by atoms with E-state index in [0.29, 0.717) is 5.54 Å². The Kier molecular flexibility index (Phi) is 7.25. The summed E-state index contributed by atoms with van der Waals surface area (Å²) in [5.74, 6) is 0.952. The molecule has 1 rings (SSSR count). The third-order valence-electron chi connectivity index (χ3n) is 5.13. The van der Waals surface area contributed by atoms with Crippen LogP contribution >= 0.6 is 0 Å². The molecule has 2 heteroatoms. The van der Waals surface area contributed by atoms with Gasteiger partial charge < -0.3 is 5.73 Å². The van der Waals surface area contributed by atoms with Crippen LogP contribution in [-0.2, 0) is 0 Å². The maximum Gasteiger partial charge on any atom is 0.0329 e. The summed E-state index contributed by atoms with van der Waals surface area (Å²) >= 11 is 0. The smallest absolute Gasteiger partial charge is 0.0329 e. The van der Waals surface area contributed by atoms with Crippen molar-refractivity contribution in [2.45, 2.75) is 77.7 Å². The second-order valence-electron chi connectivity index (χ2n) is 6.08. The number of unbranched alkanes of at least 4 members (excludes halogenated alkanes) is 1. The third kappa shape index (κ3) is 3.96. The molecule has 1 saturated heterocycles. The molecule has 1 fully saturated rings. The van der Waals surface area contributed by atoms with Crippen LogP contribution < -0.4 is 5.73 Å². The molecule has 18 heavy (non-hydrogen) atoms. The molecule has 0 aliphatic carbocycles. The van der Waals surface area contributed by atoms with Gasteiger partial charge in [0.05, 0.1) is 0 Å². The number of hydrogen-bond acceptors (Lipinski definition) is 2. The van der Waals surface area contributed by atoms with Gasteiger partial charge in [-0.05, 0) is 51.1 Å². The lowest BCUT2D eigenvalue weighted by Gasteiger charge is -2.43. The zero-order valence-electron chi connectivity index (χ0n) is 12.9. The van der Waals surface area contributed by atoms with E-state index in [1.807, 2.05) is 0 Å². The average molecular weight is 254 g/mol. The molecule has 108 valence electrons. The Balaban J connectivity index is 2.66. The van der Waals surface area contributed by atoms with Crippen LogP contribution in [0.25, 0.3) is 0 Å². The van der Waals surface area contributed by atoms with Gasteiger partial charge in [0.25, 0.3) is 0 Å². The minimum absolute atomic E-state index is 0.290. The number of hydrogen-bond donors (Lipinski definition) is 1. The summed E-state index contributed by atoms with van der Waals surface area (Å²) in [6.45, 7) is 10.3. The van der Waals surface area contributed by atoms with E-state index in [9.17, 15) is 0 Å². The first-order valence-corrected chi connectivity index (χ1v) is 8.17. The van der Waals surface area contributed by atoms with Crippen molar-refractivity contribution in [2.24, 2.45) is 11.7 Å². The lowest BCUT2D eigenvalue weighted by Crippen LogP contribution is -2.54. The van der Waals surface area contributed by atoms with Crippen molar-refractivity contribution in [3.05, 3.63) is 0 Å². The Morgan fingerprint density at radius 3 is 2.50 bits per heavy atom. The highest BCUT2D eigenvalue weighted by molar-refractivity contribution is 4.91. The Labute approximate surface area is 114 Å². The Morgan fingerprint density at radius 1 is 1.17 bits per heavy atom. The van der Waals surface area contributed by atoms with Crippen molar-refractivity contribution >= 4 is 0 Å².